The fourth-order valence-electron chi connectivity index (χ4n) is 1.19. The summed E-state index contributed by atoms with van der Waals surface area (Å²) in [6.07, 6.45) is 1.06. The second-order valence-corrected chi connectivity index (χ2v) is 2.70. The number of nitrogens with one attached hydrogen (secondary N) is 1. The fraction of sp³-hybridized carbons (Fsp3) is 0.833. The Balaban J connectivity index is 0. The molecule has 3 nitrogen and oxygen atoms in total. The van der Waals surface area contributed by atoms with Gasteiger partial charge in [0, 0.05) is 12.5 Å². The molecule has 0 aromatic heterocycles. The van der Waals surface area contributed by atoms with Crippen LogP contribution in [0.5, 0.6) is 0 Å². The minimum atomic E-state index is 0. The third-order valence-corrected chi connectivity index (χ3v) is 1.83. The van der Waals surface area contributed by atoms with Crippen LogP contribution in [0.2, 0.25) is 0 Å². The summed E-state index contributed by atoms with van der Waals surface area (Å²) >= 11 is 0. The lowest BCUT2D eigenvalue weighted by atomic mass is 10.1. The van der Waals surface area contributed by atoms with Crippen molar-refractivity contribution in [2.75, 3.05) is 20.1 Å². The monoisotopic (exact) mass is 199 g/mol. The number of nitrogens with zero attached hydrogens (tertiary/aromatic N) is 1. The van der Waals surface area contributed by atoms with Crippen molar-refractivity contribution in [1.29, 1.82) is 5.41 Å². The summed E-state index contributed by atoms with van der Waals surface area (Å²) in [6.45, 7) is 2.06. The Hall–Kier alpha value is 0.01000. The standard InChI is InChI=1S/C6H13N3.2ClH/c1-9-3-2-5(4-9)6(7)8;;/h5H,2-4H2,1H3,(H3,7,8);2*1H. The van der Waals surface area contributed by atoms with E-state index >= 15 is 0 Å². The molecular formula is C6H15Cl2N3. The lowest BCUT2D eigenvalue weighted by Crippen LogP contribution is -2.24. The van der Waals surface area contributed by atoms with E-state index in [9.17, 15) is 0 Å². The highest BCUT2D eigenvalue weighted by Crippen LogP contribution is 2.12. The predicted octanol–water partition coefficient (Wildman–Crippen LogP) is 0.718. The van der Waals surface area contributed by atoms with Crippen molar-refractivity contribution in [2.24, 2.45) is 11.7 Å². The summed E-state index contributed by atoms with van der Waals surface area (Å²) in [4.78, 5) is 2.20. The molecule has 0 spiro atoms. The lowest BCUT2D eigenvalue weighted by molar-refractivity contribution is 0.410. The van der Waals surface area contributed by atoms with Crippen molar-refractivity contribution in [3.8, 4) is 0 Å². The number of halogens is 2. The molecular weight excluding hydrogens is 185 g/mol. The summed E-state index contributed by atoms with van der Waals surface area (Å²) in [6, 6.07) is 0. The number of amidine groups is 1. The van der Waals surface area contributed by atoms with E-state index < -0.39 is 0 Å². The molecule has 0 radical (unpaired) electrons. The number of rotatable bonds is 1. The van der Waals surface area contributed by atoms with Crippen LogP contribution in [0.4, 0.5) is 0 Å². The van der Waals surface area contributed by atoms with Crippen LogP contribution < -0.4 is 5.73 Å². The van der Waals surface area contributed by atoms with E-state index in [0.717, 1.165) is 19.5 Å². The summed E-state index contributed by atoms with van der Waals surface area (Å²) in [5.41, 5.74) is 5.32. The second kappa shape index (κ2) is 5.63. The lowest BCUT2D eigenvalue weighted by Gasteiger charge is -2.06. The second-order valence-electron chi connectivity index (χ2n) is 2.70. The topological polar surface area (TPSA) is 53.1 Å². The number of nitrogens with two attached hydrogens (primary N) is 1. The molecule has 68 valence electrons. The molecule has 1 unspecified atom stereocenters. The zero-order valence-electron chi connectivity index (χ0n) is 6.54. The first-order valence-electron chi connectivity index (χ1n) is 3.22. The van der Waals surface area contributed by atoms with E-state index in [1.807, 2.05) is 0 Å². The van der Waals surface area contributed by atoms with E-state index in [1.165, 1.54) is 0 Å². The van der Waals surface area contributed by atoms with Gasteiger partial charge in [0.15, 0.2) is 0 Å². The average molecular weight is 200 g/mol. The van der Waals surface area contributed by atoms with Crippen molar-refractivity contribution < 1.29 is 0 Å². The van der Waals surface area contributed by atoms with Crippen LogP contribution in [0.25, 0.3) is 0 Å². The molecule has 0 aromatic rings. The Bertz CT molecular complexity index is 129. The third kappa shape index (κ3) is 3.79. The summed E-state index contributed by atoms with van der Waals surface area (Å²) in [5.74, 6) is 0.675. The van der Waals surface area contributed by atoms with E-state index in [4.69, 9.17) is 11.1 Å². The van der Waals surface area contributed by atoms with Gasteiger partial charge in [-0.15, -0.1) is 24.8 Å². The summed E-state index contributed by atoms with van der Waals surface area (Å²) in [5, 5.41) is 7.13. The van der Waals surface area contributed by atoms with Crippen LogP contribution >= 0.6 is 24.8 Å². The Morgan fingerprint density at radius 1 is 1.55 bits per heavy atom. The molecule has 0 bridgehead atoms. The first kappa shape index (κ1) is 13.6. The predicted molar refractivity (Wildman–Crippen MR) is 52.0 cm³/mol. The maximum atomic E-state index is 7.13. The number of hydrogen-bond donors (Lipinski definition) is 2. The van der Waals surface area contributed by atoms with E-state index in [2.05, 4.69) is 11.9 Å². The number of hydrogen-bond acceptors (Lipinski definition) is 2. The first-order chi connectivity index (χ1) is 4.20. The van der Waals surface area contributed by atoms with Crippen LogP contribution in [0.1, 0.15) is 6.42 Å². The quantitative estimate of drug-likeness (QED) is 0.484. The van der Waals surface area contributed by atoms with E-state index in [1.54, 1.807) is 0 Å². The zero-order chi connectivity index (χ0) is 6.85. The van der Waals surface area contributed by atoms with Gasteiger partial charge in [-0.25, -0.2) is 0 Å². The molecule has 1 heterocycles. The largest absolute Gasteiger partial charge is 0.387 e. The summed E-state index contributed by atoms with van der Waals surface area (Å²) < 4.78 is 0. The smallest absolute Gasteiger partial charge is 0.0950 e. The van der Waals surface area contributed by atoms with Crippen molar-refractivity contribution in [1.82, 2.24) is 4.90 Å². The van der Waals surface area contributed by atoms with Crippen LogP contribution in [-0.2, 0) is 0 Å². The van der Waals surface area contributed by atoms with Gasteiger partial charge in [-0.2, -0.15) is 0 Å². The maximum Gasteiger partial charge on any atom is 0.0950 e. The van der Waals surface area contributed by atoms with Gasteiger partial charge in [0.2, 0.25) is 0 Å². The highest BCUT2D eigenvalue weighted by Gasteiger charge is 2.20. The van der Waals surface area contributed by atoms with Crippen molar-refractivity contribution in [3.63, 3.8) is 0 Å². The Kier molecular flexibility index (Phi) is 6.96. The molecule has 0 saturated carbocycles. The minimum Gasteiger partial charge on any atom is -0.387 e. The molecule has 1 fully saturated rings. The fourth-order valence-corrected chi connectivity index (χ4v) is 1.19. The van der Waals surface area contributed by atoms with Gasteiger partial charge >= 0.3 is 0 Å². The Labute approximate surface area is 79.6 Å². The van der Waals surface area contributed by atoms with Crippen LogP contribution in [0.3, 0.4) is 0 Å². The van der Waals surface area contributed by atoms with Gasteiger partial charge in [-0.05, 0) is 20.0 Å². The van der Waals surface area contributed by atoms with Crippen molar-refractivity contribution in [3.05, 3.63) is 0 Å². The third-order valence-electron chi connectivity index (χ3n) is 1.83. The minimum absolute atomic E-state index is 0. The van der Waals surface area contributed by atoms with Gasteiger partial charge < -0.3 is 10.6 Å². The van der Waals surface area contributed by atoms with Gasteiger partial charge in [-0.1, -0.05) is 0 Å². The highest BCUT2D eigenvalue weighted by molar-refractivity contribution is 5.85. The molecule has 1 aliphatic rings. The molecule has 1 saturated heterocycles. The van der Waals surface area contributed by atoms with E-state index in [-0.39, 0.29) is 24.8 Å². The SMILES string of the molecule is CN1CCC(C(=N)N)C1.Cl.Cl. The molecule has 5 heteroatoms. The molecule has 1 atom stereocenters. The van der Waals surface area contributed by atoms with Crippen LogP contribution in [-0.4, -0.2) is 30.9 Å². The van der Waals surface area contributed by atoms with Gasteiger partial charge in [0.1, 0.15) is 0 Å². The highest BCUT2D eigenvalue weighted by atomic mass is 35.5. The Morgan fingerprint density at radius 2 is 2.09 bits per heavy atom. The zero-order valence-corrected chi connectivity index (χ0v) is 8.17. The van der Waals surface area contributed by atoms with Crippen LogP contribution in [0.15, 0.2) is 0 Å². The molecule has 1 aliphatic heterocycles. The molecule has 3 N–H and O–H groups in total. The maximum absolute atomic E-state index is 7.13. The summed E-state index contributed by atoms with van der Waals surface area (Å²) in [7, 11) is 2.06. The average Bonchev–Trinajstić information content (AvgIpc) is 2.14. The van der Waals surface area contributed by atoms with Crippen LogP contribution in [0, 0.1) is 11.3 Å². The molecule has 1 rings (SSSR count). The van der Waals surface area contributed by atoms with E-state index in [0.29, 0.717) is 11.8 Å². The van der Waals surface area contributed by atoms with Gasteiger partial charge in [-0.3, -0.25) is 5.41 Å². The normalized spacial score (nSPS) is 23.5. The van der Waals surface area contributed by atoms with Crippen molar-refractivity contribution >= 4 is 30.6 Å². The van der Waals surface area contributed by atoms with Gasteiger partial charge in [0.25, 0.3) is 0 Å². The Morgan fingerprint density at radius 3 is 2.27 bits per heavy atom. The van der Waals surface area contributed by atoms with Crippen molar-refractivity contribution in [2.45, 2.75) is 6.42 Å². The molecule has 11 heavy (non-hydrogen) atoms. The molecule has 0 amide bonds. The molecule has 0 aliphatic carbocycles. The number of likely N-dealkylation sites (tertiary alicyclic amines) is 1. The first-order valence-corrected chi connectivity index (χ1v) is 3.22. The van der Waals surface area contributed by atoms with Gasteiger partial charge in [0.05, 0.1) is 5.84 Å². The molecule has 0 aromatic carbocycles.